The molecule has 2 aliphatic heterocycles. The number of ether oxygens (including phenoxy) is 1. The fourth-order valence-electron chi connectivity index (χ4n) is 3.52. The van der Waals surface area contributed by atoms with E-state index in [1.54, 1.807) is 4.90 Å². The van der Waals surface area contributed by atoms with Crippen molar-refractivity contribution >= 4 is 12.0 Å². The first kappa shape index (κ1) is 21.6. The second kappa shape index (κ2) is 12.6. The van der Waals surface area contributed by atoms with Crippen LogP contribution in [0.25, 0.3) is 0 Å². The zero-order valence-corrected chi connectivity index (χ0v) is 16.8. The van der Waals surface area contributed by atoms with Crippen molar-refractivity contribution in [1.82, 2.24) is 15.1 Å². The van der Waals surface area contributed by atoms with Gasteiger partial charge in [0.1, 0.15) is 6.10 Å². The number of amides is 2. The number of hydrogen-bond donors (Lipinski definition) is 1. The summed E-state index contributed by atoms with van der Waals surface area (Å²) < 4.78 is 5.38. The van der Waals surface area contributed by atoms with E-state index in [-0.39, 0.29) is 18.4 Å². The maximum Gasteiger partial charge on any atom is 0.407 e. The van der Waals surface area contributed by atoms with Gasteiger partial charge in [-0.2, -0.15) is 0 Å². The third kappa shape index (κ3) is 8.66. The highest BCUT2D eigenvalue weighted by molar-refractivity contribution is 5.80. The third-order valence-corrected chi connectivity index (χ3v) is 5.15. The minimum atomic E-state index is -0.414. The lowest BCUT2D eigenvalue weighted by molar-refractivity contribution is -0.127. The molecule has 2 aliphatic rings. The molecule has 2 rings (SSSR count). The summed E-state index contributed by atoms with van der Waals surface area (Å²) in [5.74, 6) is 6.24. The van der Waals surface area contributed by atoms with Crippen molar-refractivity contribution in [2.75, 3.05) is 39.3 Å². The molecule has 1 atom stereocenters. The van der Waals surface area contributed by atoms with Gasteiger partial charge in [-0.15, -0.1) is 0 Å². The van der Waals surface area contributed by atoms with E-state index in [4.69, 9.17) is 4.74 Å². The highest BCUT2D eigenvalue weighted by Gasteiger charge is 2.31. The van der Waals surface area contributed by atoms with E-state index in [9.17, 15) is 9.59 Å². The third-order valence-electron chi connectivity index (χ3n) is 5.15. The predicted molar refractivity (Wildman–Crippen MR) is 106 cm³/mol. The van der Waals surface area contributed by atoms with Gasteiger partial charge >= 0.3 is 6.09 Å². The van der Waals surface area contributed by atoms with Crippen LogP contribution in [0.2, 0.25) is 0 Å². The van der Waals surface area contributed by atoms with Crippen molar-refractivity contribution in [2.24, 2.45) is 0 Å². The molecule has 0 aliphatic carbocycles. The van der Waals surface area contributed by atoms with Gasteiger partial charge in [0.15, 0.2) is 0 Å². The molecule has 2 saturated heterocycles. The summed E-state index contributed by atoms with van der Waals surface area (Å²) in [5.41, 5.74) is 0. The standard InChI is InChI=1S/C21H35N3O3/c1-2-3-4-5-6-7-12-22-21(26)27-19-17-20(25)24(18-19)16-11-10-15-23-13-8-9-14-23/h19H,2-9,12-18H2,1H3,(H,22,26). The van der Waals surface area contributed by atoms with E-state index in [2.05, 4.69) is 29.0 Å². The molecule has 0 radical (unpaired) electrons. The molecule has 6 nitrogen and oxygen atoms in total. The van der Waals surface area contributed by atoms with E-state index in [1.807, 2.05) is 0 Å². The van der Waals surface area contributed by atoms with Crippen LogP contribution in [0.15, 0.2) is 0 Å². The Morgan fingerprint density at radius 2 is 1.81 bits per heavy atom. The highest BCUT2D eigenvalue weighted by atomic mass is 16.6. The molecule has 2 amide bonds. The van der Waals surface area contributed by atoms with E-state index >= 15 is 0 Å². The van der Waals surface area contributed by atoms with Crippen LogP contribution in [0.5, 0.6) is 0 Å². The van der Waals surface area contributed by atoms with Crippen molar-refractivity contribution in [3.05, 3.63) is 0 Å². The van der Waals surface area contributed by atoms with Crippen LogP contribution in [0.1, 0.15) is 64.7 Å². The molecule has 0 aromatic carbocycles. The van der Waals surface area contributed by atoms with Crippen molar-refractivity contribution in [3.63, 3.8) is 0 Å². The van der Waals surface area contributed by atoms with Gasteiger partial charge in [0, 0.05) is 6.54 Å². The van der Waals surface area contributed by atoms with Gasteiger partial charge < -0.3 is 15.0 Å². The number of carbonyl (C=O) groups is 2. The Kier molecular flexibility index (Phi) is 10.1. The fraction of sp³-hybridized carbons (Fsp3) is 0.810. The maximum atomic E-state index is 12.0. The summed E-state index contributed by atoms with van der Waals surface area (Å²) in [4.78, 5) is 27.9. The van der Waals surface area contributed by atoms with E-state index in [1.165, 1.54) is 38.5 Å². The monoisotopic (exact) mass is 377 g/mol. The van der Waals surface area contributed by atoms with Crippen LogP contribution >= 0.6 is 0 Å². The topological polar surface area (TPSA) is 61.9 Å². The Bertz CT molecular complexity index is 521. The quantitative estimate of drug-likeness (QED) is 0.470. The number of likely N-dealkylation sites (tertiary alicyclic amines) is 2. The largest absolute Gasteiger partial charge is 0.444 e. The molecule has 0 saturated carbocycles. The smallest absolute Gasteiger partial charge is 0.407 e. The minimum absolute atomic E-state index is 0.0131. The molecular formula is C21H35N3O3. The molecular weight excluding hydrogens is 342 g/mol. The van der Waals surface area contributed by atoms with E-state index < -0.39 is 6.09 Å². The molecule has 0 aromatic rings. The lowest BCUT2D eigenvalue weighted by Crippen LogP contribution is -2.32. The first-order valence-electron chi connectivity index (χ1n) is 10.6. The van der Waals surface area contributed by atoms with Crippen molar-refractivity contribution in [1.29, 1.82) is 0 Å². The van der Waals surface area contributed by atoms with Gasteiger partial charge in [-0.1, -0.05) is 50.9 Å². The fourth-order valence-corrected chi connectivity index (χ4v) is 3.52. The summed E-state index contributed by atoms with van der Waals surface area (Å²) >= 11 is 0. The highest BCUT2D eigenvalue weighted by Crippen LogP contribution is 2.14. The molecule has 0 aromatic heterocycles. The normalized spacial score (nSPS) is 19.8. The van der Waals surface area contributed by atoms with Gasteiger partial charge in [-0.3, -0.25) is 9.69 Å². The Labute approximate surface area is 164 Å². The SMILES string of the molecule is CCCCCCCCNC(=O)OC1CC(=O)N(CC#CCN2CCCC2)C1. The van der Waals surface area contributed by atoms with Gasteiger partial charge in [0.2, 0.25) is 5.91 Å². The summed E-state index contributed by atoms with van der Waals surface area (Å²) in [6, 6.07) is 0. The number of nitrogens with zero attached hydrogens (tertiary/aromatic N) is 2. The number of alkyl carbamates (subject to hydrolysis) is 1. The molecule has 1 unspecified atom stereocenters. The van der Waals surface area contributed by atoms with E-state index in [0.717, 1.165) is 32.5 Å². The molecule has 0 spiro atoms. The zero-order chi connectivity index (χ0) is 19.3. The van der Waals surface area contributed by atoms with Crippen molar-refractivity contribution < 1.29 is 14.3 Å². The van der Waals surface area contributed by atoms with Gasteiger partial charge in [-0.25, -0.2) is 4.79 Å². The summed E-state index contributed by atoms with van der Waals surface area (Å²) in [6.07, 6.45) is 9.11. The van der Waals surface area contributed by atoms with Crippen LogP contribution in [0.4, 0.5) is 4.79 Å². The maximum absolute atomic E-state index is 12.0. The lowest BCUT2D eigenvalue weighted by atomic mass is 10.1. The molecule has 152 valence electrons. The Balaban J connectivity index is 1.55. The lowest BCUT2D eigenvalue weighted by Gasteiger charge is -2.14. The first-order valence-corrected chi connectivity index (χ1v) is 10.6. The van der Waals surface area contributed by atoms with Gasteiger partial charge in [0.25, 0.3) is 0 Å². The number of hydrogen-bond acceptors (Lipinski definition) is 4. The van der Waals surface area contributed by atoms with Crippen molar-refractivity contribution in [3.8, 4) is 11.8 Å². The number of nitrogens with one attached hydrogen (secondary N) is 1. The number of rotatable bonds is 10. The second-order valence-electron chi connectivity index (χ2n) is 7.54. The average molecular weight is 378 g/mol. The van der Waals surface area contributed by atoms with Gasteiger partial charge in [-0.05, 0) is 32.4 Å². The molecule has 2 heterocycles. The van der Waals surface area contributed by atoms with E-state index in [0.29, 0.717) is 19.6 Å². The Morgan fingerprint density at radius 1 is 1.11 bits per heavy atom. The molecule has 27 heavy (non-hydrogen) atoms. The predicted octanol–water partition coefficient (Wildman–Crippen LogP) is 2.77. The molecule has 2 fully saturated rings. The summed E-state index contributed by atoms with van der Waals surface area (Å²) in [5, 5.41) is 2.79. The minimum Gasteiger partial charge on any atom is -0.444 e. The zero-order valence-electron chi connectivity index (χ0n) is 16.8. The Hall–Kier alpha value is -1.74. The second-order valence-corrected chi connectivity index (χ2v) is 7.54. The summed E-state index contributed by atoms with van der Waals surface area (Å²) in [6.45, 7) is 6.74. The van der Waals surface area contributed by atoms with Crippen molar-refractivity contribution in [2.45, 2.75) is 70.8 Å². The van der Waals surface area contributed by atoms with Crippen LogP contribution in [0.3, 0.4) is 0 Å². The first-order chi connectivity index (χ1) is 13.2. The molecule has 0 bridgehead atoms. The van der Waals surface area contributed by atoms with Crippen LogP contribution in [0, 0.1) is 11.8 Å². The van der Waals surface area contributed by atoms with Crippen LogP contribution in [-0.2, 0) is 9.53 Å². The number of carbonyl (C=O) groups excluding carboxylic acids is 2. The van der Waals surface area contributed by atoms with Gasteiger partial charge in [0.05, 0.1) is 26.1 Å². The molecule has 1 N–H and O–H groups in total. The number of unbranched alkanes of at least 4 members (excludes halogenated alkanes) is 5. The average Bonchev–Trinajstić information content (AvgIpc) is 3.28. The summed E-state index contributed by atoms with van der Waals surface area (Å²) in [7, 11) is 0. The molecule has 6 heteroatoms. The van der Waals surface area contributed by atoms with Crippen LogP contribution in [-0.4, -0.2) is 67.2 Å². The van der Waals surface area contributed by atoms with Crippen LogP contribution < -0.4 is 5.32 Å². The Morgan fingerprint density at radius 3 is 2.59 bits per heavy atom.